The number of halogens is 3. The van der Waals surface area contributed by atoms with Crippen LogP contribution in [-0.2, 0) is 19.1 Å². The molecule has 4 atom stereocenters. The topological polar surface area (TPSA) is 167 Å². The maximum atomic E-state index is 13.3. The van der Waals surface area contributed by atoms with Crippen molar-refractivity contribution in [1.82, 2.24) is 40.5 Å². The number of hydrogen-bond donors (Lipinski definition) is 4. The lowest BCUT2D eigenvalue weighted by Crippen LogP contribution is -2.50. The summed E-state index contributed by atoms with van der Waals surface area (Å²) in [6, 6.07) is 12.8. The molecule has 14 nitrogen and oxygen atoms in total. The van der Waals surface area contributed by atoms with Gasteiger partial charge in [0.1, 0.15) is 17.7 Å². The summed E-state index contributed by atoms with van der Waals surface area (Å²) in [5, 5.41) is 6.79. The van der Waals surface area contributed by atoms with Crippen molar-refractivity contribution >= 4 is 18.1 Å². The minimum Gasteiger partial charge on any atom is -0.453 e. The molecule has 0 spiro atoms. The number of ether oxygens (including phenoxy) is 2. The summed E-state index contributed by atoms with van der Waals surface area (Å²) >= 11 is 0. The molecule has 4 heterocycles. The first-order valence-corrected chi connectivity index (χ1v) is 19.1. The zero-order valence-electron chi connectivity index (χ0n) is 32.7. The van der Waals surface area contributed by atoms with Gasteiger partial charge in [0.05, 0.1) is 69.2 Å². The average Bonchev–Trinajstić information content (AvgIpc) is 4.05. The molecule has 3 amide bonds. The summed E-state index contributed by atoms with van der Waals surface area (Å²) in [7, 11) is 2.36. The Morgan fingerprint density at radius 3 is 1.86 bits per heavy atom. The Kier molecular flexibility index (Phi) is 13.4. The lowest BCUT2D eigenvalue weighted by molar-refractivity contribution is -0.178. The fourth-order valence-electron chi connectivity index (χ4n) is 7.02. The molecule has 2 aliphatic rings. The van der Waals surface area contributed by atoms with E-state index in [1.165, 1.54) is 12.0 Å². The molecule has 2 fully saturated rings. The van der Waals surface area contributed by atoms with Crippen LogP contribution in [0.15, 0.2) is 60.9 Å². The number of likely N-dealkylation sites (tertiary alicyclic amines) is 1. The first kappa shape index (κ1) is 41.8. The van der Waals surface area contributed by atoms with Crippen LogP contribution in [0, 0.1) is 17.8 Å². The van der Waals surface area contributed by atoms with E-state index in [2.05, 4.69) is 41.8 Å². The number of alkyl carbamates (subject to hydrolysis) is 2. The van der Waals surface area contributed by atoms with Gasteiger partial charge in [0, 0.05) is 24.2 Å². The van der Waals surface area contributed by atoms with E-state index in [0.29, 0.717) is 31.0 Å². The molecule has 2 aliphatic heterocycles. The molecule has 0 saturated carbocycles. The molecule has 0 unspecified atom stereocenters. The van der Waals surface area contributed by atoms with Crippen LogP contribution in [0.3, 0.4) is 0 Å². The molecule has 2 aromatic carbocycles. The van der Waals surface area contributed by atoms with Crippen molar-refractivity contribution in [2.45, 2.75) is 76.3 Å². The van der Waals surface area contributed by atoms with Gasteiger partial charge in [0.2, 0.25) is 5.91 Å². The second-order valence-electron chi connectivity index (χ2n) is 14.5. The van der Waals surface area contributed by atoms with Gasteiger partial charge in [-0.25, -0.2) is 19.6 Å². The predicted molar refractivity (Wildman–Crippen MR) is 207 cm³/mol. The number of carbonyl (C=O) groups excluding carboxylic acids is 3. The highest BCUT2D eigenvalue weighted by Gasteiger charge is 2.42. The van der Waals surface area contributed by atoms with Gasteiger partial charge in [-0.3, -0.25) is 9.63 Å². The molecule has 2 aromatic heterocycles. The zero-order valence-corrected chi connectivity index (χ0v) is 32.7. The number of hydroxylamine groups is 2. The maximum Gasteiger partial charge on any atom is 0.407 e. The summed E-state index contributed by atoms with van der Waals surface area (Å²) in [5.74, 6) is 6.96. The second kappa shape index (κ2) is 18.6. The number of rotatable bonds is 12. The minimum atomic E-state index is -4.68. The lowest BCUT2D eigenvalue weighted by atomic mass is 10.1. The summed E-state index contributed by atoms with van der Waals surface area (Å²) in [4.78, 5) is 60.0. The van der Waals surface area contributed by atoms with Crippen molar-refractivity contribution in [2.75, 3.05) is 33.9 Å². The number of hydrogen-bond acceptors (Lipinski definition) is 9. The molecule has 6 rings (SSSR count). The van der Waals surface area contributed by atoms with Crippen molar-refractivity contribution < 1.29 is 41.9 Å². The van der Waals surface area contributed by atoms with Gasteiger partial charge < -0.3 is 35.0 Å². The molecular formula is C41H47F3N8O6. The van der Waals surface area contributed by atoms with Gasteiger partial charge in [0.15, 0.2) is 0 Å². The molecular weight excluding hydrogens is 757 g/mol. The van der Waals surface area contributed by atoms with Crippen LogP contribution < -0.4 is 10.6 Å². The lowest BCUT2D eigenvalue weighted by Gasteiger charge is -2.28. The molecule has 2 saturated heterocycles. The van der Waals surface area contributed by atoms with Crippen LogP contribution in [0.1, 0.15) is 80.8 Å². The summed E-state index contributed by atoms with van der Waals surface area (Å²) in [6.45, 7) is 5.34. The van der Waals surface area contributed by atoms with E-state index in [1.807, 2.05) is 79.0 Å². The Morgan fingerprint density at radius 2 is 1.33 bits per heavy atom. The highest BCUT2D eigenvalue weighted by molar-refractivity contribution is 5.86. The normalized spacial score (nSPS) is 18.0. The van der Waals surface area contributed by atoms with Crippen molar-refractivity contribution in [1.29, 1.82) is 0 Å². The van der Waals surface area contributed by atoms with Gasteiger partial charge in [-0.1, -0.05) is 50.0 Å². The third-order valence-corrected chi connectivity index (χ3v) is 10.2. The average molecular weight is 805 g/mol. The highest BCUT2D eigenvalue weighted by atomic mass is 19.4. The molecule has 0 bridgehead atoms. The van der Waals surface area contributed by atoms with Crippen molar-refractivity contribution in [2.24, 2.45) is 5.92 Å². The second-order valence-corrected chi connectivity index (χ2v) is 14.5. The fourth-order valence-corrected chi connectivity index (χ4v) is 7.02. The van der Waals surface area contributed by atoms with Crippen LogP contribution in [0.2, 0.25) is 0 Å². The number of nitrogens with zero attached hydrogens (tertiary/aromatic N) is 4. The Labute approximate surface area is 334 Å². The minimum absolute atomic E-state index is 0.0364. The van der Waals surface area contributed by atoms with E-state index in [9.17, 15) is 27.6 Å². The van der Waals surface area contributed by atoms with Crippen LogP contribution >= 0.6 is 0 Å². The van der Waals surface area contributed by atoms with Crippen molar-refractivity contribution in [3.05, 3.63) is 83.7 Å². The zero-order chi connectivity index (χ0) is 41.4. The predicted octanol–water partition coefficient (Wildman–Crippen LogP) is 6.66. The molecule has 4 N–H and O–H groups in total. The van der Waals surface area contributed by atoms with Gasteiger partial charge in [-0.05, 0) is 67.0 Å². The van der Waals surface area contributed by atoms with Crippen LogP contribution in [0.25, 0.3) is 22.5 Å². The standard InChI is InChI=1S/C41H47F3N8O6/c1-25(2)33(50-40(55)57-4)24-58-52-20-6-8-35(52)37-46-23-32(48-37)29-17-13-27(14-18-29)10-9-26-11-15-28(16-12-26)31-22-45-36(47-31)34-7-5-19-51(34)38(53)30(21-41(42,43)44)49-39(54)56-3/h11-18,22-23,25,30,33-35H,5-8,19-21,24H2,1-4H3,(H,45,47)(H,46,48)(H,49,54)(H,50,55)/t30-,33+,34-,35-/m0/s1. The highest BCUT2D eigenvalue weighted by Crippen LogP contribution is 2.34. The third-order valence-electron chi connectivity index (χ3n) is 10.2. The Bertz CT molecular complexity index is 2090. The summed E-state index contributed by atoms with van der Waals surface area (Å²) < 4.78 is 49.0. The number of imidazole rings is 2. The molecule has 0 aliphatic carbocycles. The van der Waals surface area contributed by atoms with Crippen molar-refractivity contribution in [3.63, 3.8) is 0 Å². The van der Waals surface area contributed by atoms with Gasteiger partial charge in [-0.15, -0.1) is 0 Å². The van der Waals surface area contributed by atoms with E-state index in [1.54, 1.807) is 6.20 Å². The van der Waals surface area contributed by atoms with Gasteiger partial charge in [0.25, 0.3) is 0 Å². The number of methoxy groups -OCH3 is 2. The number of amides is 3. The largest absolute Gasteiger partial charge is 0.453 e. The molecule has 0 radical (unpaired) electrons. The number of H-pyrrole nitrogens is 2. The number of benzene rings is 2. The van der Waals surface area contributed by atoms with E-state index in [-0.39, 0.29) is 24.5 Å². The first-order chi connectivity index (χ1) is 27.8. The number of nitrogens with one attached hydrogen (secondary N) is 4. The molecule has 58 heavy (non-hydrogen) atoms. The van der Waals surface area contributed by atoms with Gasteiger partial charge in [-0.2, -0.15) is 18.2 Å². The number of aromatic nitrogens is 4. The fraction of sp³-hybridized carbons (Fsp3) is 0.439. The smallest absolute Gasteiger partial charge is 0.407 e. The maximum absolute atomic E-state index is 13.3. The van der Waals surface area contributed by atoms with Crippen LogP contribution in [0.4, 0.5) is 22.8 Å². The third kappa shape index (κ3) is 10.5. The Balaban J connectivity index is 1.05. The number of aromatic amines is 2. The SMILES string of the molecule is COC(=O)N[C@@H](CC(F)(F)F)C(=O)N1CCC[C@H]1c1ncc(-c2ccc(C#Cc3ccc(-c4cnc([C@@H]5CCCN5OC[C@@H](NC(=O)OC)C(C)C)[nH]4)cc3)cc2)[nH]1. The monoisotopic (exact) mass is 804 g/mol. The van der Waals surface area contributed by atoms with Crippen LogP contribution in [-0.4, -0.2) is 100 Å². The molecule has 17 heteroatoms. The van der Waals surface area contributed by atoms with E-state index in [0.717, 1.165) is 60.3 Å². The van der Waals surface area contributed by atoms with E-state index < -0.39 is 42.8 Å². The Morgan fingerprint density at radius 1 is 0.810 bits per heavy atom. The number of alkyl halides is 3. The molecule has 4 aromatic rings. The van der Waals surface area contributed by atoms with Crippen LogP contribution in [0.5, 0.6) is 0 Å². The summed E-state index contributed by atoms with van der Waals surface area (Å²) in [5.41, 5.74) is 4.94. The quantitative estimate of drug-likeness (QED) is 0.115. The van der Waals surface area contributed by atoms with E-state index in [4.69, 9.17) is 9.57 Å². The van der Waals surface area contributed by atoms with Crippen molar-refractivity contribution in [3.8, 4) is 34.4 Å². The first-order valence-electron chi connectivity index (χ1n) is 19.1. The van der Waals surface area contributed by atoms with E-state index >= 15 is 0 Å². The Hall–Kier alpha value is -5.86. The molecule has 308 valence electrons. The number of carbonyl (C=O) groups is 3. The summed E-state index contributed by atoms with van der Waals surface area (Å²) in [6.07, 6.45) is -1.44. The van der Waals surface area contributed by atoms with Gasteiger partial charge >= 0.3 is 18.4 Å².